The Morgan fingerprint density at radius 2 is 2.10 bits per heavy atom. The molecule has 0 amide bonds. The van der Waals surface area contributed by atoms with Crippen LogP contribution in [0, 0.1) is 5.92 Å². The number of hydrogen-bond acceptors (Lipinski definition) is 2. The van der Waals surface area contributed by atoms with Crippen LogP contribution in [0.15, 0.2) is 34.9 Å². The van der Waals surface area contributed by atoms with Crippen LogP contribution in [-0.4, -0.2) is 11.0 Å². The average molecular weight is 347 g/mol. The van der Waals surface area contributed by atoms with Gasteiger partial charge >= 0.3 is 0 Å². The third-order valence-electron chi connectivity index (χ3n) is 4.79. The van der Waals surface area contributed by atoms with Crippen LogP contribution in [-0.2, 0) is 6.54 Å². The van der Waals surface area contributed by atoms with Gasteiger partial charge in [0.15, 0.2) is 0 Å². The number of fused-ring (bicyclic) bond motifs is 1. The summed E-state index contributed by atoms with van der Waals surface area (Å²) in [5.41, 5.74) is 2.41. The lowest BCUT2D eigenvalue weighted by molar-refractivity contribution is 0.254. The number of halogens is 1. The second-order valence-corrected chi connectivity index (χ2v) is 6.90. The molecule has 112 valence electrons. The number of nitrogens with zero attached hydrogens (tertiary/aromatic N) is 1. The van der Waals surface area contributed by atoms with E-state index in [-0.39, 0.29) is 0 Å². The molecular formula is C18H23BrN2. The minimum absolute atomic E-state index is 0.672. The molecule has 21 heavy (non-hydrogen) atoms. The van der Waals surface area contributed by atoms with Gasteiger partial charge in [-0.25, -0.2) is 0 Å². The van der Waals surface area contributed by atoms with E-state index in [9.17, 15) is 0 Å². The van der Waals surface area contributed by atoms with Crippen LogP contribution in [0.25, 0.3) is 10.9 Å². The highest BCUT2D eigenvalue weighted by Gasteiger charge is 2.23. The van der Waals surface area contributed by atoms with E-state index in [4.69, 9.17) is 0 Å². The van der Waals surface area contributed by atoms with Crippen molar-refractivity contribution in [2.24, 2.45) is 5.92 Å². The number of rotatable bonds is 4. The molecule has 0 aliphatic heterocycles. The van der Waals surface area contributed by atoms with Crippen molar-refractivity contribution < 1.29 is 0 Å². The van der Waals surface area contributed by atoms with Crippen molar-refractivity contribution in [1.82, 2.24) is 10.3 Å². The standard InChI is InChI=1S/C18H23BrN2/c1-2-13-6-3-4-8-17(13)21-12-14-9-10-16(19)15-7-5-11-20-18(14)15/h5,7,9-11,13,17,21H,2-4,6,8,12H2,1H3. The number of hydrogen-bond donors (Lipinski definition) is 1. The molecule has 3 rings (SSSR count). The van der Waals surface area contributed by atoms with Gasteiger partial charge in [-0.05, 0) is 36.5 Å². The van der Waals surface area contributed by atoms with Crippen LogP contribution in [0.1, 0.15) is 44.6 Å². The summed E-state index contributed by atoms with van der Waals surface area (Å²) in [6.45, 7) is 3.24. The Morgan fingerprint density at radius 1 is 1.24 bits per heavy atom. The Bertz CT molecular complexity index is 611. The van der Waals surface area contributed by atoms with Crippen molar-refractivity contribution in [2.45, 2.75) is 51.6 Å². The van der Waals surface area contributed by atoms with Crippen molar-refractivity contribution >= 4 is 26.8 Å². The molecule has 1 saturated carbocycles. The van der Waals surface area contributed by atoms with E-state index >= 15 is 0 Å². The lowest BCUT2D eigenvalue weighted by Gasteiger charge is -2.31. The first kappa shape index (κ1) is 15.0. The van der Waals surface area contributed by atoms with E-state index in [0.717, 1.165) is 22.5 Å². The minimum atomic E-state index is 0.672. The third kappa shape index (κ3) is 3.29. The Labute approximate surface area is 135 Å². The minimum Gasteiger partial charge on any atom is -0.310 e. The van der Waals surface area contributed by atoms with Crippen molar-refractivity contribution in [1.29, 1.82) is 0 Å². The van der Waals surface area contributed by atoms with E-state index in [1.807, 2.05) is 12.3 Å². The summed E-state index contributed by atoms with van der Waals surface area (Å²) in [7, 11) is 0. The Hall–Kier alpha value is -0.930. The molecular weight excluding hydrogens is 324 g/mol. The van der Waals surface area contributed by atoms with Crippen molar-refractivity contribution in [2.75, 3.05) is 0 Å². The molecule has 3 heteroatoms. The molecule has 2 aromatic rings. The predicted molar refractivity (Wildman–Crippen MR) is 92.3 cm³/mol. The van der Waals surface area contributed by atoms with Crippen LogP contribution in [0.2, 0.25) is 0 Å². The quantitative estimate of drug-likeness (QED) is 0.837. The largest absolute Gasteiger partial charge is 0.310 e. The molecule has 0 spiro atoms. The maximum absolute atomic E-state index is 4.57. The maximum atomic E-state index is 4.57. The highest BCUT2D eigenvalue weighted by molar-refractivity contribution is 9.10. The first-order valence-corrected chi connectivity index (χ1v) is 8.84. The predicted octanol–water partition coefficient (Wildman–Crippen LogP) is 5.06. The average Bonchev–Trinajstić information content (AvgIpc) is 2.55. The van der Waals surface area contributed by atoms with Gasteiger partial charge in [-0.1, -0.05) is 54.2 Å². The van der Waals surface area contributed by atoms with Crippen molar-refractivity contribution in [3.8, 4) is 0 Å². The first-order chi connectivity index (χ1) is 10.3. The second kappa shape index (κ2) is 6.89. The van der Waals surface area contributed by atoms with Crippen molar-refractivity contribution in [3.05, 3.63) is 40.5 Å². The molecule has 1 heterocycles. The normalized spacial score (nSPS) is 22.6. The molecule has 1 fully saturated rings. The van der Waals surface area contributed by atoms with Gasteiger partial charge in [-0.15, -0.1) is 0 Å². The van der Waals surface area contributed by atoms with Gasteiger partial charge in [-0.2, -0.15) is 0 Å². The third-order valence-corrected chi connectivity index (χ3v) is 5.48. The lowest BCUT2D eigenvalue weighted by Crippen LogP contribution is -2.37. The zero-order chi connectivity index (χ0) is 14.7. The topological polar surface area (TPSA) is 24.9 Å². The number of pyridine rings is 1. The van der Waals surface area contributed by atoms with Crippen LogP contribution >= 0.6 is 15.9 Å². The number of nitrogens with one attached hydrogen (secondary N) is 1. The van der Waals surface area contributed by atoms with Crippen LogP contribution in [0.5, 0.6) is 0 Å². The molecule has 2 unspecified atom stereocenters. The number of benzene rings is 1. The molecule has 1 aromatic carbocycles. The fourth-order valence-electron chi connectivity index (χ4n) is 3.55. The lowest BCUT2D eigenvalue weighted by atomic mass is 9.83. The summed E-state index contributed by atoms with van der Waals surface area (Å²) in [5, 5.41) is 5.00. The highest BCUT2D eigenvalue weighted by atomic mass is 79.9. The molecule has 0 saturated heterocycles. The van der Waals surface area contributed by atoms with E-state index in [1.165, 1.54) is 43.1 Å². The molecule has 0 bridgehead atoms. The monoisotopic (exact) mass is 346 g/mol. The second-order valence-electron chi connectivity index (χ2n) is 6.05. The Kier molecular flexibility index (Phi) is 4.91. The van der Waals surface area contributed by atoms with Crippen LogP contribution < -0.4 is 5.32 Å². The van der Waals surface area contributed by atoms with E-state index < -0.39 is 0 Å². The Morgan fingerprint density at radius 3 is 2.95 bits per heavy atom. The summed E-state index contributed by atoms with van der Waals surface area (Å²) < 4.78 is 1.12. The van der Waals surface area contributed by atoms with Gasteiger partial charge in [0.1, 0.15) is 0 Å². The molecule has 1 aliphatic rings. The summed E-state index contributed by atoms with van der Waals surface area (Å²) in [4.78, 5) is 4.57. The zero-order valence-corrected chi connectivity index (χ0v) is 14.2. The van der Waals surface area contributed by atoms with Crippen molar-refractivity contribution in [3.63, 3.8) is 0 Å². The zero-order valence-electron chi connectivity index (χ0n) is 12.6. The molecule has 0 radical (unpaired) electrons. The maximum Gasteiger partial charge on any atom is 0.0758 e. The fourth-order valence-corrected chi connectivity index (χ4v) is 4.00. The first-order valence-electron chi connectivity index (χ1n) is 8.05. The molecule has 2 atom stereocenters. The summed E-state index contributed by atoms with van der Waals surface area (Å²) >= 11 is 3.62. The summed E-state index contributed by atoms with van der Waals surface area (Å²) in [6.07, 6.45) is 8.64. The molecule has 1 aliphatic carbocycles. The van der Waals surface area contributed by atoms with Gasteiger partial charge in [0, 0.05) is 28.6 Å². The Balaban J connectivity index is 1.77. The van der Waals surface area contributed by atoms with Crippen LogP contribution in [0.3, 0.4) is 0 Å². The van der Waals surface area contributed by atoms with Gasteiger partial charge in [-0.3, -0.25) is 4.98 Å². The molecule has 2 nitrogen and oxygen atoms in total. The van der Waals surface area contributed by atoms with E-state index in [0.29, 0.717) is 6.04 Å². The van der Waals surface area contributed by atoms with Crippen LogP contribution in [0.4, 0.5) is 0 Å². The highest BCUT2D eigenvalue weighted by Crippen LogP contribution is 2.28. The summed E-state index contributed by atoms with van der Waals surface area (Å²) in [5.74, 6) is 0.841. The summed E-state index contributed by atoms with van der Waals surface area (Å²) in [6, 6.07) is 9.13. The van der Waals surface area contributed by atoms with Gasteiger partial charge < -0.3 is 5.32 Å². The van der Waals surface area contributed by atoms with E-state index in [1.54, 1.807) is 0 Å². The fraction of sp³-hybridized carbons (Fsp3) is 0.500. The van der Waals surface area contributed by atoms with E-state index in [2.05, 4.69) is 51.4 Å². The SMILES string of the molecule is CCC1CCCCC1NCc1ccc(Br)c2cccnc12. The molecule has 1 N–H and O–H groups in total. The van der Waals surface area contributed by atoms with Gasteiger partial charge in [0.2, 0.25) is 0 Å². The van der Waals surface area contributed by atoms with Gasteiger partial charge in [0.25, 0.3) is 0 Å². The number of aromatic nitrogens is 1. The van der Waals surface area contributed by atoms with Gasteiger partial charge in [0.05, 0.1) is 5.52 Å². The molecule has 1 aromatic heterocycles. The smallest absolute Gasteiger partial charge is 0.0758 e.